The van der Waals surface area contributed by atoms with Crippen molar-refractivity contribution in [2.75, 3.05) is 13.2 Å². The predicted octanol–water partition coefficient (Wildman–Crippen LogP) is 3.38. The summed E-state index contributed by atoms with van der Waals surface area (Å²) in [6, 6.07) is 12.0. The summed E-state index contributed by atoms with van der Waals surface area (Å²) in [5, 5.41) is 0. The second-order valence-electron chi connectivity index (χ2n) is 5.60. The summed E-state index contributed by atoms with van der Waals surface area (Å²) >= 11 is 0. The molecule has 26 heavy (non-hydrogen) atoms. The fourth-order valence-corrected chi connectivity index (χ4v) is 2.72. The highest BCUT2D eigenvalue weighted by Gasteiger charge is 2.41. The maximum Gasteiger partial charge on any atom is 0.321 e. The maximum atomic E-state index is 12.7. The predicted molar refractivity (Wildman–Crippen MR) is 93.6 cm³/mol. The lowest BCUT2D eigenvalue weighted by atomic mass is 9.84. The molecule has 6 heteroatoms. The molecule has 1 unspecified atom stereocenters. The lowest BCUT2D eigenvalue weighted by Crippen LogP contribution is -2.34. The van der Waals surface area contributed by atoms with Crippen LogP contribution in [0.15, 0.2) is 53.1 Å². The molecule has 0 fully saturated rings. The van der Waals surface area contributed by atoms with Crippen molar-refractivity contribution in [1.82, 2.24) is 0 Å². The van der Waals surface area contributed by atoms with Crippen molar-refractivity contribution in [3.05, 3.63) is 60.1 Å². The number of rotatable bonds is 9. The third-order valence-corrected chi connectivity index (χ3v) is 3.89. The standard InChI is InChI=1S/C20H22O6/c1-3-24-19(22)18(20(23)25-4-2)15(17-11-8-12-26-17)13-16(21)14-9-6-5-7-10-14/h5-12,15,18H,3-4,13H2,1-2H3. The Morgan fingerprint density at radius 2 is 1.54 bits per heavy atom. The van der Waals surface area contributed by atoms with Crippen LogP contribution in [0, 0.1) is 5.92 Å². The lowest BCUT2D eigenvalue weighted by molar-refractivity contribution is -0.163. The van der Waals surface area contributed by atoms with Gasteiger partial charge in [0.1, 0.15) is 5.76 Å². The van der Waals surface area contributed by atoms with Gasteiger partial charge in [-0.05, 0) is 26.0 Å². The van der Waals surface area contributed by atoms with E-state index in [-0.39, 0.29) is 25.4 Å². The van der Waals surface area contributed by atoms with Crippen molar-refractivity contribution in [2.45, 2.75) is 26.2 Å². The molecule has 0 radical (unpaired) electrons. The van der Waals surface area contributed by atoms with Gasteiger partial charge in [0.2, 0.25) is 0 Å². The van der Waals surface area contributed by atoms with Crippen LogP contribution in [0.2, 0.25) is 0 Å². The number of esters is 2. The van der Waals surface area contributed by atoms with Gasteiger partial charge in [-0.2, -0.15) is 0 Å². The van der Waals surface area contributed by atoms with E-state index in [4.69, 9.17) is 13.9 Å². The molecule has 2 aromatic rings. The summed E-state index contributed by atoms with van der Waals surface area (Å²) in [5.41, 5.74) is 0.496. The summed E-state index contributed by atoms with van der Waals surface area (Å²) in [6.45, 7) is 3.53. The highest BCUT2D eigenvalue weighted by Crippen LogP contribution is 2.32. The quantitative estimate of drug-likeness (QED) is 0.388. The van der Waals surface area contributed by atoms with Crippen LogP contribution in [0.1, 0.15) is 42.3 Å². The molecule has 0 N–H and O–H groups in total. The van der Waals surface area contributed by atoms with Crippen LogP contribution in [-0.4, -0.2) is 30.9 Å². The third-order valence-electron chi connectivity index (χ3n) is 3.89. The number of carbonyl (C=O) groups excluding carboxylic acids is 3. The second kappa shape index (κ2) is 9.56. The number of hydrogen-bond donors (Lipinski definition) is 0. The first-order chi connectivity index (χ1) is 12.6. The lowest BCUT2D eigenvalue weighted by Gasteiger charge is -2.22. The number of carbonyl (C=O) groups is 3. The van der Waals surface area contributed by atoms with Crippen LogP contribution in [0.5, 0.6) is 0 Å². The Kier molecular flexibility index (Phi) is 7.14. The average Bonchev–Trinajstić information content (AvgIpc) is 3.17. The number of Topliss-reactive ketones (excluding diaryl/α,β-unsaturated/α-hetero) is 1. The summed E-state index contributed by atoms with van der Waals surface area (Å²) in [7, 11) is 0. The molecule has 0 aliphatic heterocycles. The zero-order chi connectivity index (χ0) is 18.9. The topological polar surface area (TPSA) is 82.8 Å². The van der Waals surface area contributed by atoms with E-state index in [9.17, 15) is 14.4 Å². The molecule has 0 spiro atoms. The highest BCUT2D eigenvalue weighted by atomic mass is 16.6. The van der Waals surface area contributed by atoms with E-state index in [1.807, 2.05) is 0 Å². The minimum atomic E-state index is -1.27. The first-order valence-corrected chi connectivity index (χ1v) is 8.53. The fraction of sp³-hybridized carbons (Fsp3) is 0.350. The molecular formula is C20H22O6. The van der Waals surface area contributed by atoms with Crippen LogP contribution in [0.25, 0.3) is 0 Å². The van der Waals surface area contributed by atoms with Gasteiger partial charge in [-0.25, -0.2) is 0 Å². The first-order valence-electron chi connectivity index (χ1n) is 8.53. The molecule has 0 aliphatic carbocycles. The number of benzene rings is 1. The smallest absolute Gasteiger partial charge is 0.321 e. The van der Waals surface area contributed by atoms with Crippen molar-refractivity contribution in [2.24, 2.45) is 5.92 Å². The van der Waals surface area contributed by atoms with Gasteiger partial charge in [-0.1, -0.05) is 30.3 Å². The van der Waals surface area contributed by atoms with Crippen LogP contribution in [0.3, 0.4) is 0 Å². The van der Waals surface area contributed by atoms with Crippen molar-refractivity contribution in [1.29, 1.82) is 0 Å². The molecule has 1 aromatic heterocycles. The number of hydrogen-bond acceptors (Lipinski definition) is 6. The summed E-state index contributed by atoms with van der Waals surface area (Å²) in [6.07, 6.45) is 1.35. The summed E-state index contributed by atoms with van der Waals surface area (Å²) in [5.74, 6) is -3.38. The molecule has 6 nitrogen and oxygen atoms in total. The molecule has 0 aliphatic rings. The number of furan rings is 1. The van der Waals surface area contributed by atoms with E-state index in [1.165, 1.54) is 6.26 Å². The average molecular weight is 358 g/mol. The molecule has 1 heterocycles. The molecule has 0 saturated carbocycles. The Morgan fingerprint density at radius 1 is 0.923 bits per heavy atom. The molecule has 138 valence electrons. The second-order valence-corrected chi connectivity index (χ2v) is 5.60. The molecule has 0 amide bonds. The Bertz CT molecular complexity index is 702. The molecule has 0 bridgehead atoms. The van der Waals surface area contributed by atoms with E-state index in [2.05, 4.69) is 0 Å². The van der Waals surface area contributed by atoms with E-state index >= 15 is 0 Å². The van der Waals surface area contributed by atoms with Gasteiger partial charge in [0, 0.05) is 17.9 Å². The fourth-order valence-electron chi connectivity index (χ4n) is 2.72. The van der Waals surface area contributed by atoms with Crippen molar-refractivity contribution >= 4 is 17.7 Å². The zero-order valence-electron chi connectivity index (χ0n) is 14.8. The maximum absolute atomic E-state index is 12.7. The summed E-state index contributed by atoms with van der Waals surface area (Å²) < 4.78 is 15.5. The van der Waals surface area contributed by atoms with Crippen molar-refractivity contribution < 1.29 is 28.3 Å². The SMILES string of the molecule is CCOC(=O)C(C(=O)OCC)C(CC(=O)c1ccccc1)c1ccco1. The minimum Gasteiger partial charge on any atom is -0.469 e. The Balaban J connectivity index is 2.35. The van der Waals surface area contributed by atoms with Crippen molar-refractivity contribution in [3.63, 3.8) is 0 Å². The molecule has 2 rings (SSSR count). The van der Waals surface area contributed by atoms with E-state index in [0.717, 1.165) is 0 Å². The summed E-state index contributed by atoms with van der Waals surface area (Å²) in [4.78, 5) is 37.5. The number of ether oxygens (including phenoxy) is 2. The van der Waals surface area contributed by atoms with E-state index in [1.54, 1.807) is 56.3 Å². The molecule has 1 aromatic carbocycles. The van der Waals surface area contributed by atoms with Gasteiger partial charge in [0.15, 0.2) is 11.7 Å². The Morgan fingerprint density at radius 3 is 2.04 bits per heavy atom. The normalized spacial score (nSPS) is 11.8. The molecular weight excluding hydrogens is 336 g/mol. The van der Waals surface area contributed by atoms with E-state index < -0.39 is 23.8 Å². The first kappa shape index (κ1) is 19.4. The molecule has 1 atom stereocenters. The Labute approximate surface area is 152 Å². The van der Waals surface area contributed by atoms with Crippen LogP contribution in [-0.2, 0) is 19.1 Å². The zero-order valence-corrected chi connectivity index (χ0v) is 14.8. The van der Waals surface area contributed by atoms with Crippen LogP contribution in [0.4, 0.5) is 0 Å². The third kappa shape index (κ3) is 4.81. The number of ketones is 1. The van der Waals surface area contributed by atoms with E-state index in [0.29, 0.717) is 11.3 Å². The Hall–Kier alpha value is -2.89. The minimum absolute atomic E-state index is 0.0835. The largest absolute Gasteiger partial charge is 0.469 e. The van der Waals surface area contributed by atoms with Gasteiger partial charge in [-0.15, -0.1) is 0 Å². The molecule has 0 saturated heterocycles. The van der Waals surface area contributed by atoms with Gasteiger partial charge in [-0.3, -0.25) is 14.4 Å². The van der Waals surface area contributed by atoms with Gasteiger partial charge in [0.25, 0.3) is 0 Å². The van der Waals surface area contributed by atoms with Crippen molar-refractivity contribution in [3.8, 4) is 0 Å². The highest BCUT2D eigenvalue weighted by molar-refractivity contribution is 6.00. The monoisotopic (exact) mass is 358 g/mol. The van der Waals surface area contributed by atoms with Gasteiger partial charge < -0.3 is 13.9 Å². The van der Waals surface area contributed by atoms with Gasteiger partial charge >= 0.3 is 11.9 Å². The van der Waals surface area contributed by atoms with Crippen LogP contribution >= 0.6 is 0 Å². The van der Waals surface area contributed by atoms with Gasteiger partial charge in [0.05, 0.1) is 19.5 Å². The van der Waals surface area contributed by atoms with Crippen LogP contribution < -0.4 is 0 Å².